The van der Waals surface area contributed by atoms with E-state index in [0.29, 0.717) is 6.42 Å². The van der Waals surface area contributed by atoms with Gasteiger partial charge in [0.2, 0.25) is 11.8 Å². The van der Waals surface area contributed by atoms with Gasteiger partial charge in [-0.2, -0.15) is 11.8 Å². The van der Waals surface area contributed by atoms with E-state index in [9.17, 15) is 9.59 Å². The number of carbonyl (C=O) groups is 2. The molecule has 5 heteroatoms. The zero-order valence-electron chi connectivity index (χ0n) is 13.3. The predicted octanol–water partition coefficient (Wildman–Crippen LogP) is 2.28. The SMILES string of the molecule is CCSCC(C)N1C(=O)C(C(C)CC)NC(=O)C1CC. The zero-order valence-corrected chi connectivity index (χ0v) is 14.1. The van der Waals surface area contributed by atoms with Crippen LogP contribution in [0.4, 0.5) is 0 Å². The predicted molar refractivity (Wildman–Crippen MR) is 84.8 cm³/mol. The highest BCUT2D eigenvalue weighted by Crippen LogP contribution is 2.23. The Morgan fingerprint density at radius 3 is 2.40 bits per heavy atom. The summed E-state index contributed by atoms with van der Waals surface area (Å²) in [7, 11) is 0. The summed E-state index contributed by atoms with van der Waals surface area (Å²) in [5, 5.41) is 2.92. The Bertz CT molecular complexity index is 349. The van der Waals surface area contributed by atoms with Crippen LogP contribution in [0.3, 0.4) is 0 Å². The molecular weight excluding hydrogens is 272 g/mol. The van der Waals surface area contributed by atoms with Gasteiger partial charge in [-0.05, 0) is 25.0 Å². The van der Waals surface area contributed by atoms with Crippen LogP contribution in [-0.2, 0) is 9.59 Å². The van der Waals surface area contributed by atoms with Crippen LogP contribution in [0.1, 0.15) is 47.5 Å². The topological polar surface area (TPSA) is 49.4 Å². The Balaban J connectivity index is 2.94. The molecule has 0 aromatic rings. The van der Waals surface area contributed by atoms with Gasteiger partial charge in [0.15, 0.2) is 0 Å². The van der Waals surface area contributed by atoms with Crippen molar-refractivity contribution in [2.45, 2.75) is 65.6 Å². The molecule has 0 aromatic carbocycles. The van der Waals surface area contributed by atoms with Crippen molar-refractivity contribution in [3.63, 3.8) is 0 Å². The van der Waals surface area contributed by atoms with Crippen LogP contribution in [0, 0.1) is 5.92 Å². The van der Waals surface area contributed by atoms with Gasteiger partial charge in [0, 0.05) is 11.8 Å². The van der Waals surface area contributed by atoms with Gasteiger partial charge in [0.05, 0.1) is 0 Å². The standard InChI is InChI=1S/C15H28N2O2S/c1-6-10(4)13-15(19)17(11(5)9-20-8-3)12(7-2)14(18)16-13/h10-13H,6-9H2,1-5H3,(H,16,18). The fourth-order valence-electron chi connectivity index (χ4n) is 2.65. The van der Waals surface area contributed by atoms with Crippen LogP contribution >= 0.6 is 11.8 Å². The highest BCUT2D eigenvalue weighted by Gasteiger charge is 2.43. The number of hydrogen-bond donors (Lipinski definition) is 1. The van der Waals surface area contributed by atoms with Crippen molar-refractivity contribution < 1.29 is 9.59 Å². The van der Waals surface area contributed by atoms with Crippen LogP contribution < -0.4 is 5.32 Å². The molecule has 1 aliphatic rings. The summed E-state index contributed by atoms with van der Waals surface area (Å²) in [6.45, 7) is 10.2. The molecule has 1 aliphatic heterocycles. The third kappa shape index (κ3) is 3.68. The molecule has 1 fully saturated rings. The number of rotatable bonds is 7. The number of amides is 2. The molecular formula is C15H28N2O2S. The van der Waals surface area contributed by atoms with Gasteiger partial charge in [0.25, 0.3) is 0 Å². The van der Waals surface area contributed by atoms with Crippen LogP contribution in [0.15, 0.2) is 0 Å². The van der Waals surface area contributed by atoms with Crippen molar-refractivity contribution in [2.75, 3.05) is 11.5 Å². The summed E-state index contributed by atoms with van der Waals surface area (Å²) in [4.78, 5) is 26.9. The molecule has 1 saturated heterocycles. The molecule has 0 saturated carbocycles. The van der Waals surface area contributed by atoms with Gasteiger partial charge < -0.3 is 10.2 Å². The number of piperazine rings is 1. The lowest BCUT2D eigenvalue weighted by atomic mass is 9.93. The van der Waals surface area contributed by atoms with Gasteiger partial charge in [-0.15, -0.1) is 0 Å². The van der Waals surface area contributed by atoms with E-state index >= 15 is 0 Å². The van der Waals surface area contributed by atoms with Gasteiger partial charge in [-0.25, -0.2) is 0 Å². The largest absolute Gasteiger partial charge is 0.342 e. The first kappa shape index (κ1) is 17.3. The average molecular weight is 300 g/mol. The lowest BCUT2D eigenvalue weighted by Crippen LogP contribution is -2.66. The molecule has 4 nitrogen and oxygen atoms in total. The molecule has 1 N–H and O–H groups in total. The first-order chi connectivity index (χ1) is 9.47. The van der Waals surface area contributed by atoms with Crippen LogP contribution in [0.5, 0.6) is 0 Å². The van der Waals surface area contributed by atoms with Gasteiger partial charge in [-0.3, -0.25) is 9.59 Å². The summed E-state index contributed by atoms with van der Waals surface area (Å²) in [5.41, 5.74) is 0. The van der Waals surface area contributed by atoms with Crippen molar-refractivity contribution in [3.8, 4) is 0 Å². The molecule has 0 aliphatic carbocycles. The van der Waals surface area contributed by atoms with Crippen molar-refractivity contribution in [2.24, 2.45) is 5.92 Å². The summed E-state index contributed by atoms with van der Waals surface area (Å²) in [6.07, 6.45) is 1.56. The molecule has 1 heterocycles. The number of nitrogens with one attached hydrogen (secondary N) is 1. The molecule has 4 atom stereocenters. The van der Waals surface area contributed by atoms with Crippen LogP contribution in [-0.4, -0.2) is 46.3 Å². The van der Waals surface area contributed by atoms with Gasteiger partial charge in [0.1, 0.15) is 12.1 Å². The Labute approximate surface area is 127 Å². The number of nitrogens with zero attached hydrogens (tertiary/aromatic N) is 1. The number of thioether (sulfide) groups is 1. The third-order valence-electron chi connectivity index (χ3n) is 4.09. The molecule has 4 unspecified atom stereocenters. The second-order valence-electron chi connectivity index (χ2n) is 5.55. The van der Waals surface area contributed by atoms with Crippen molar-refractivity contribution >= 4 is 23.6 Å². The summed E-state index contributed by atoms with van der Waals surface area (Å²) in [5.74, 6) is 2.20. The summed E-state index contributed by atoms with van der Waals surface area (Å²) < 4.78 is 0. The van der Waals surface area contributed by atoms with E-state index in [4.69, 9.17) is 0 Å². The summed E-state index contributed by atoms with van der Waals surface area (Å²) in [6, 6.07) is -0.561. The molecule has 116 valence electrons. The van der Waals surface area contributed by atoms with Crippen LogP contribution in [0.2, 0.25) is 0 Å². The molecule has 0 aromatic heterocycles. The Morgan fingerprint density at radius 2 is 1.90 bits per heavy atom. The Hall–Kier alpha value is -0.710. The minimum absolute atomic E-state index is 0.00532. The van der Waals surface area contributed by atoms with Gasteiger partial charge >= 0.3 is 0 Å². The second kappa shape index (κ2) is 7.91. The monoisotopic (exact) mass is 300 g/mol. The molecule has 1 rings (SSSR count). The summed E-state index contributed by atoms with van der Waals surface area (Å²) >= 11 is 1.82. The van der Waals surface area contributed by atoms with Crippen molar-refractivity contribution in [3.05, 3.63) is 0 Å². The van der Waals surface area contributed by atoms with E-state index in [-0.39, 0.29) is 35.9 Å². The average Bonchev–Trinajstić information content (AvgIpc) is 2.45. The van der Waals surface area contributed by atoms with Crippen LogP contribution in [0.25, 0.3) is 0 Å². The lowest BCUT2D eigenvalue weighted by molar-refractivity contribution is -0.153. The normalized spacial score (nSPS) is 26.4. The molecule has 20 heavy (non-hydrogen) atoms. The zero-order chi connectivity index (χ0) is 15.3. The van der Waals surface area contributed by atoms with E-state index in [1.54, 1.807) is 0 Å². The minimum atomic E-state index is -0.357. The maximum atomic E-state index is 12.7. The third-order valence-corrected chi connectivity index (χ3v) is 5.22. The fourth-order valence-corrected chi connectivity index (χ4v) is 3.39. The van der Waals surface area contributed by atoms with Crippen molar-refractivity contribution in [1.82, 2.24) is 10.2 Å². The first-order valence-corrected chi connectivity index (χ1v) is 8.83. The quantitative estimate of drug-likeness (QED) is 0.785. The van der Waals surface area contributed by atoms with E-state index in [2.05, 4.69) is 26.1 Å². The maximum Gasteiger partial charge on any atom is 0.246 e. The fraction of sp³-hybridized carbons (Fsp3) is 0.867. The van der Waals surface area contributed by atoms with E-state index in [1.807, 2.05) is 30.5 Å². The van der Waals surface area contributed by atoms with Crippen molar-refractivity contribution in [1.29, 1.82) is 0 Å². The number of hydrogen-bond acceptors (Lipinski definition) is 3. The highest BCUT2D eigenvalue weighted by molar-refractivity contribution is 7.99. The molecule has 2 amide bonds. The molecule has 0 bridgehead atoms. The smallest absolute Gasteiger partial charge is 0.246 e. The second-order valence-corrected chi connectivity index (χ2v) is 6.87. The molecule has 0 spiro atoms. The van der Waals surface area contributed by atoms with Gasteiger partial charge in [-0.1, -0.05) is 34.1 Å². The maximum absolute atomic E-state index is 12.7. The Morgan fingerprint density at radius 1 is 1.25 bits per heavy atom. The van der Waals surface area contributed by atoms with E-state index in [1.165, 1.54) is 0 Å². The molecule has 0 radical (unpaired) electrons. The first-order valence-electron chi connectivity index (χ1n) is 7.68. The lowest BCUT2D eigenvalue weighted by Gasteiger charge is -2.43. The number of carbonyl (C=O) groups excluding carboxylic acids is 2. The van der Waals surface area contributed by atoms with E-state index in [0.717, 1.165) is 17.9 Å². The highest BCUT2D eigenvalue weighted by atomic mass is 32.2. The van der Waals surface area contributed by atoms with E-state index < -0.39 is 0 Å². The Kier molecular flexibility index (Phi) is 6.86. The minimum Gasteiger partial charge on any atom is -0.342 e.